The van der Waals surface area contributed by atoms with Crippen LogP contribution in [-0.4, -0.2) is 341 Å². The summed E-state index contributed by atoms with van der Waals surface area (Å²) in [7, 11) is 0. The number of imidazole rings is 1. The van der Waals surface area contributed by atoms with Gasteiger partial charge in [-0.05, 0) is 80.9 Å². The molecular formula is C96H148N24O27. The highest BCUT2D eigenvalue weighted by Crippen LogP contribution is 2.24. The van der Waals surface area contributed by atoms with Gasteiger partial charge in [0.25, 0.3) is 0 Å². The first-order valence-corrected chi connectivity index (χ1v) is 49.7. The van der Waals surface area contributed by atoms with E-state index in [2.05, 4.69) is 102 Å². The predicted molar refractivity (Wildman–Crippen MR) is 530 cm³/mol. The molecule has 0 saturated carbocycles. The predicted octanol–water partition coefficient (Wildman–Crippen LogP) is -4.77. The average Bonchev–Trinajstić information content (AvgIpc) is 1.68. The summed E-state index contributed by atoms with van der Waals surface area (Å²) in [5, 5.41) is 98.7. The maximum atomic E-state index is 15.5. The molecule has 0 aliphatic carbocycles. The van der Waals surface area contributed by atoms with Crippen LogP contribution in [0.3, 0.4) is 0 Å². The first kappa shape index (κ1) is 123. The van der Waals surface area contributed by atoms with Crippen LogP contribution in [0.5, 0.6) is 0 Å². The Morgan fingerprint density at radius 1 is 0.592 bits per heavy atom. The molecule has 2 fully saturated rings. The van der Waals surface area contributed by atoms with Crippen LogP contribution in [0.15, 0.2) is 91.1 Å². The molecule has 0 radical (unpaired) electrons. The number of carboxylic acids is 3. The largest absolute Gasteiger partial charge is 0.481 e. The van der Waals surface area contributed by atoms with E-state index in [9.17, 15) is 87.5 Å². The van der Waals surface area contributed by atoms with Crippen LogP contribution in [-0.2, 0) is 118 Å². The molecule has 12 atom stereocenters. The molecule has 51 nitrogen and oxygen atoms in total. The Kier molecular flexibility index (Phi) is 58.3. The molecule has 3 aliphatic heterocycles. The van der Waals surface area contributed by atoms with E-state index in [1.807, 2.05) is 6.08 Å². The summed E-state index contributed by atoms with van der Waals surface area (Å²) in [6.07, 6.45) is 18.4. The van der Waals surface area contributed by atoms with Gasteiger partial charge in [0.05, 0.1) is 70.7 Å². The third-order valence-corrected chi connectivity index (χ3v) is 23.7. The molecule has 0 unspecified atom stereocenters. The monoisotopic (exact) mass is 2070 g/mol. The molecule has 814 valence electrons. The van der Waals surface area contributed by atoms with Crippen molar-refractivity contribution in [3.8, 4) is 0 Å². The van der Waals surface area contributed by atoms with Gasteiger partial charge in [-0.15, -0.1) is 0 Å². The van der Waals surface area contributed by atoms with Crippen LogP contribution in [0.2, 0.25) is 0 Å². The quantitative estimate of drug-likeness (QED) is 0.0168. The number of aromatic nitrogens is 2. The van der Waals surface area contributed by atoms with Crippen molar-refractivity contribution in [3.63, 3.8) is 0 Å². The Hall–Kier alpha value is -14.3. The smallest absolute Gasteiger partial charge is 0.317 e. The van der Waals surface area contributed by atoms with Crippen molar-refractivity contribution in [3.05, 3.63) is 102 Å². The van der Waals surface area contributed by atoms with E-state index in [-0.39, 0.29) is 115 Å². The number of aromatic amines is 1. The van der Waals surface area contributed by atoms with Gasteiger partial charge in [0.2, 0.25) is 100 Å². The van der Waals surface area contributed by atoms with Crippen LogP contribution >= 0.6 is 0 Å². The van der Waals surface area contributed by atoms with Gasteiger partial charge in [-0.1, -0.05) is 145 Å². The lowest BCUT2D eigenvalue weighted by molar-refractivity contribution is -0.143. The SMILES string of the molecule is C=C1/C=C\C=C/CN/C=C\1C[C@@H]1NC(=O)[C@H](CCCNC(=N)N)NC(=O)[C@@H](Cc2ccccc2)NC(=O)[C@@H]2C[C@@H](O)CN2C(=O)[C@@H](NC(=O)[C@H](CCCC)NC(=O)[C@H](CNC(=O)CN(CC(=O)O)CC(=O)O)NC(=O)[C@H](Cc2c[nH]cn2)NC(=O)[C@H](CCC(N)=O)NC(=O)[C@H](CO)NC(=O)CNC(=O)COCCOCCNC(=O)CCCCCCCCCCCCCCC(=O)O)CCC(=O)NCCCC[C@@H](C(N)=O)NC1=O. The molecule has 0 spiro atoms. The number of aliphatic hydroxyl groups is 2. The number of carboxylic acid groups (broad SMARTS) is 3. The number of H-pyrrole nitrogens is 1. The molecule has 2 aromatic rings. The number of amides is 17. The highest BCUT2D eigenvalue weighted by molar-refractivity contribution is 6.01. The van der Waals surface area contributed by atoms with E-state index in [0.717, 1.165) is 75.5 Å². The molecule has 17 amide bonds. The summed E-state index contributed by atoms with van der Waals surface area (Å²) >= 11 is 0. The number of rotatable bonds is 62. The topological polar surface area (TPSA) is 791 Å². The Labute approximate surface area is 851 Å². The van der Waals surface area contributed by atoms with Gasteiger partial charge in [-0.25, -0.2) is 4.98 Å². The Morgan fingerprint density at radius 2 is 1.20 bits per heavy atom. The highest BCUT2D eigenvalue weighted by Gasteiger charge is 2.45. The molecule has 1 aromatic carbocycles. The number of fused-ring (bicyclic) bond motifs is 1. The Morgan fingerprint density at radius 3 is 1.84 bits per heavy atom. The summed E-state index contributed by atoms with van der Waals surface area (Å²) in [4.78, 5) is 284. The van der Waals surface area contributed by atoms with Crippen LogP contribution in [0.1, 0.15) is 198 Å². The standard InChI is InChI=1S/C96H148N24O27/c1-3-4-29-66(86(136)114-69-35-37-78(125)103-39-24-22-30-65(85(98)135)110-90(140)71(46-62-49-101-38-23-16-17-26-60(62)2)115-87(137)67(31-25-40-105-96(99)100)111-89(139)70(45-61-27-18-15-19-28-61)117-94(144)75-48-64(122)53-120(75)95(69)145)112-92(142)73(51-106-80(127)54-119(55-83(131)132)56-84(133)134)118-91(141)72(47-63-50-102-59-108-63)116-88(138)68(34-36-76(97)123)113-93(143)74(57-121)109-79(126)52-107-81(128)58-147-44-43-146-42-41-104-77(124)32-20-13-11-9-7-5-6-8-10-12-14-21-33-82(129)130/h15-19,23,26-28,49-50,59,64-75,101,121-122H,2-14,20-22,24-25,29-48,51-58H2,1H3,(H2,97,123)(H2,98,135)(H,102,108)(H,103,125)(H,104,124)(H,106,127)(H,107,128)(H,109,126)(H,110,140)(H,111,139)(H,112,142)(H,113,143)(H,114,136)(H,115,137)(H,116,138)(H,117,144)(H,118,141)(H,129,130)(H,131,132)(H,133,134)(H4,99,100,105)/b23-16-,26-17-,62-49-/t64-,65+,66+,67+,68+,69+,70-,71+,72+,73+,74+,75+/m1/s1. The van der Waals surface area contributed by atoms with E-state index in [4.69, 9.17) is 37.2 Å². The summed E-state index contributed by atoms with van der Waals surface area (Å²) in [6.45, 7) is -0.498. The second-order valence-electron chi connectivity index (χ2n) is 35.9. The van der Waals surface area contributed by atoms with Gasteiger partial charge in [0.15, 0.2) is 5.96 Å². The summed E-state index contributed by atoms with van der Waals surface area (Å²) in [5.74, 6) is -21.3. The number of hydrogen-bond donors (Lipinski definition) is 26. The number of primary amides is 2. The number of nitrogens with zero attached hydrogens (tertiary/aromatic N) is 3. The molecule has 4 heterocycles. The van der Waals surface area contributed by atoms with Crippen molar-refractivity contribution in [2.45, 2.75) is 272 Å². The van der Waals surface area contributed by atoms with Crippen LogP contribution in [0, 0.1) is 5.41 Å². The number of aliphatic carboxylic acids is 3. The van der Waals surface area contributed by atoms with Gasteiger partial charge in [-0.2, -0.15) is 0 Å². The highest BCUT2D eigenvalue weighted by atomic mass is 16.5. The third kappa shape index (κ3) is 51.3. The normalized spacial score (nSPS) is 19.5. The van der Waals surface area contributed by atoms with Crippen molar-refractivity contribution >= 4 is 124 Å². The van der Waals surface area contributed by atoms with Gasteiger partial charge in [-0.3, -0.25) is 106 Å². The number of ether oxygens (including phenoxy) is 2. The minimum absolute atomic E-state index is 0.00260. The van der Waals surface area contributed by atoms with E-state index in [1.165, 1.54) is 12.5 Å². The van der Waals surface area contributed by atoms with Gasteiger partial charge < -0.3 is 147 Å². The van der Waals surface area contributed by atoms with E-state index in [0.29, 0.717) is 47.4 Å². The molecular weight excluding hydrogens is 1920 g/mol. The lowest BCUT2D eigenvalue weighted by Crippen LogP contribution is -2.62. The van der Waals surface area contributed by atoms with Gasteiger partial charge >= 0.3 is 17.9 Å². The fraction of sp³-hybridized carbons (Fsp3) is 0.604. The lowest BCUT2D eigenvalue weighted by atomic mass is 9.98. The number of aliphatic hydroxyl groups excluding tert-OH is 2. The van der Waals surface area contributed by atoms with E-state index >= 15 is 28.8 Å². The van der Waals surface area contributed by atoms with E-state index in [1.54, 1.807) is 61.7 Å². The third-order valence-electron chi connectivity index (χ3n) is 23.7. The average molecular weight is 2070 g/mol. The zero-order valence-electron chi connectivity index (χ0n) is 83.2. The lowest BCUT2D eigenvalue weighted by Gasteiger charge is -2.31. The molecule has 0 bridgehead atoms. The van der Waals surface area contributed by atoms with Crippen LogP contribution in [0.4, 0.5) is 0 Å². The van der Waals surface area contributed by atoms with Gasteiger partial charge in [0.1, 0.15) is 73.1 Å². The van der Waals surface area contributed by atoms with Crippen LogP contribution < -0.4 is 102 Å². The molecule has 5 rings (SSSR count). The van der Waals surface area contributed by atoms with Crippen molar-refractivity contribution in [1.82, 2.24) is 105 Å². The summed E-state index contributed by atoms with van der Waals surface area (Å²) in [6, 6.07) is -10.8. The number of nitrogens with two attached hydrogens (primary N) is 3. The maximum Gasteiger partial charge on any atom is 0.317 e. The molecule has 1 aromatic heterocycles. The zero-order chi connectivity index (χ0) is 108. The minimum atomic E-state index is -2.09. The number of benzene rings is 1. The van der Waals surface area contributed by atoms with Crippen molar-refractivity contribution in [2.75, 3.05) is 98.5 Å². The fourth-order valence-electron chi connectivity index (χ4n) is 15.8. The Balaban J connectivity index is 1.38. The molecule has 3 aliphatic rings. The number of carbonyl (C=O) groups excluding carboxylic acids is 17. The number of guanidine groups is 1. The number of carbonyl (C=O) groups is 20. The number of unbranched alkanes of at least 4 members (excludes halogenated alkanes) is 12. The number of allylic oxidation sites excluding steroid dienone is 4. The Bertz CT molecular complexity index is 4760. The molecule has 2 saturated heterocycles. The number of hydrogen-bond acceptors (Lipinski definition) is 28. The first-order chi connectivity index (χ1) is 70.3. The second kappa shape index (κ2) is 69.6. The summed E-state index contributed by atoms with van der Waals surface area (Å²) in [5.41, 5.74) is 18.4. The van der Waals surface area contributed by atoms with Crippen molar-refractivity contribution < 1.29 is 131 Å². The van der Waals surface area contributed by atoms with Crippen LogP contribution in [0.25, 0.3) is 0 Å². The second-order valence-corrected chi connectivity index (χ2v) is 35.9. The molecule has 51 heteroatoms. The zero-order valence-corrected chi connectivity index (χ0v) is 83.2. The maximum absolute atomic E-state index is 15.5. The van der Waals surface area contributed by atoms with Crippen molar-refractivity contribution in [2.24, 2.45) is 17.2 Å². The summed E-state index contributed by atoms with van der Waals surface area (Å²) < 4.78 is 10.8. The minimum Gasteiger partial charge on any atom is -0.481 e. The first-order valence-electron chi connectivity index (χ1n) is 49.7. The molecule has 29 N–H and O–H groups in total. The fourth-order valence-corrected chi connectivity index (χ4v) is 15.8. The van der Waals surface area contributed by atoms with Crippen molar-refractivity contribution in [1.29, 1.82) is 5.41 Å². The van der Waals surface area contributed by atoms with E-state index < -0.39 is 282 Å². The number of nitrogens with one attached hydrogen (secondary N) is 18. The molecule has 147 heavy (non-hydrogen) atoms. The van der Waals surface area contributed by atoms with Gasteiger partial charge in [0, 0.05) is 103 Å².